The molecule has 0 radical (unpaired) electrons. The standard InChI is InChI=1S/C18H19BrN4OS/c1-23(2)17(13-7-8-25-11-13)10-20-18(24)16-9-15(21-22-16)12-3-5-14(19)6-4-12/h3-9,11,17H,10H2,1-2H3,(H,20,24)(H,21,22)/t17-/m1/s1. The Hall–Kier alpha value is -1.96. The van der Waals surface area contributed by atoms with Crippen LogP contribution in [0.4, 0.5) is 0 Å². The first kappa shape index (κ1) is 17.8. The number of aromatic nitrogens is 2. The molecular weight excluding hydrogens is 400 g/mol. The van der Waals surface area contributed by atoms with Gasteiger partial charge in [0, 0.05) is 16.6 Å². The molecule has 0 fully saturated rings. The van der Waals surface area contributed by atoms with Crippen molar-refractivity contribution in [1.29, 1.82) is 0 Å². The predicted molar refractivity (Wildman–Crippen MR) is 105 cm³/mol. The van der Waals surface area contributed by atoms with Crippen LogP contribution in [0.3, 0.4) is 0 Å². The third-order valence-corrected chi connectivity index (χ3v) is 5.20. The van der Waals surface area contributed by atoms with E-state index in [0.717, 1.165) is 15.7 Å². The van der Waals surface area contributed by atoms with E-state index in [1.54, 1.807) is 17.4 Å². The van der Waals surface area contributed by atoms with Gasteiger partial charge in [-0.2, -0.15) is 16.4 Å². The fraction of sp³-hybridized carbons (Fsp3) is 0.222. The summed E-state index contributed by atoms with van der Waals surface area (Å²) in [6, 6.07) is 11.8. The average molecular weight is 419 g/mol. The maximum Gasteiger partial charge on any atom is 0.269 e. The van der Waals surface area contributed by atoms with E-state index in [4.69, 9.17) is 0 Å². The molecule has 2 N–H and O–H groups in total. The summed E-state index contributed by atoms with van der Waals surface area (Å²) in [5.41, 5.74) is 3.37. The van der Waals surface area contributed by atoms with Crippen LogP contribution >= 0.6 is 27.3 Å². The van der Waals surface area contributed by atoms with Crippen molar-refractivity contribution in [1.82, 2.24) is 20.4 Å². The van der Waals surface area contributed by atoms with Gasteiger partial charge in [0.1, 0.15) is 5.69 Å². The number of nitrogens with one attached hydrogen (secondary N) is 2. The molecule has 2 aromatic heterocycles. The van der Waals surface area contributed by atoms with Gasteiger partial charge in [-0.05, 0) is 54.7 Å². The Morgan fingerprint density at radius 3 is 2.72 bits per heavy atom. The molecule has 7 heteroatoms. The zero-order chi connectivity index (χ0) is 17.8. The molecule has 0 unspecified atom stereocenters. The van der Waals surface area contributed by atoms with E-state index in [-0.39, 0.29) is 11.9 Å². The maximum atomic E-state index is 12.4. The van der Waals surface area contributed by atoms with Crippen molar-refractivity contribution in [2.24, 2.45) is 0 Å². The second-order valence-electron chi connectivity index (χ2n) is 5.92. The summed E-state index contributed by atoms with van der Waals surface area (Å²) in [7, 11) is 4.02. The van der Waals surface area contributed by atoms with Crippen LogP contribution < -0.4 is 5.32 Å². The molecule has 0 spiro atoms. The number of thiophene rings is 1. The molecule has 3 aromatic rings. The van der Waals surface area contributed by atoms with Gasteiger partial charge in [0.25, 0.3) is 5.91 Å². The summed E-state index contributed by atoms with van der Waals surface area (Å²) in [6.45, 7) is 0.537. The summed E-state index contributed by atoms with van der Waals surface area (Å²) in [5, 5.41) is 14.2. The van der Waals surface area contributed by atoms with Crippen molar-refractivity contribution in [2.75, 3.05) is 20.6 Å². The van der Waals surface area contributed by atoms with Crippen molar-refractivity contribution in [2.45, 2.75) is 6.04 Å². The number of carbonyl (C=O) groups excluding carboxylic acids is 1. The lowest BCUT2D eigenvalue weighted by Gasteiger charge is -2.23. The largest absolute Gasteiger partial charge is 0.349 e. The third-order valence-electron chi connectivity index (χ3n) is 3.97. The molecule has 130 valence electrons. The molecule has 1 atom stereocenters. The highest BCUT2D eigenvalue weighted by Crippen LogP contribution is 2.22. The van der Waals surface area contributed by atoms with E-state index >= 15 is 0 Å². The minimum Gasteiger partial charge on any atom is -0.349 e. The molecule has 1 aromatic carbocycles. The Morgan fingerprint density at radius 2 is 2.08 bits per heavy atom. The monoisotopic (exact) mass is 418 g/mol. The lowest BCUT2D eigenvalue weighted by molar-refractivity contribution is 0.0937. The fourth-order valence-corrected chi connectivity index (χ4v) is 3.53. The summed E-state index contributed by atoms with van der Waals surface area (Å²) in [6.07, 6.45) is 0. The van der Waals surface area contributed by atoms with E-state index in [9.17, 15) is 4.79 Å². The number of benzene rings is 1. The van der Waals surface area contributed by atoms with Crippen molar-refractivity contribution in [3.63, 3.8) is 0 Å². The third kappa shape index (κ3) is 4.36. The minimum absolute atomic E-state index is 0.143. The molecule has 25 heavy (non-hydrogen) atoms. The summed E-state index contributed by atoms with van der Waals surface area (Å²) >= 11 is 5.07. The second-order valence-corrected chi connectivity index (χ2v) is 7.62. The van der Waals surface area contributed by atoms with E-state index in [2.05, 4.69) is 47.8 Å². The van der Waals surface area contributed by atoms with Gasteiger partial charge in [0.2, 0.25) is 0 Å². The van der Waals surface area contributed by atoms with Crippen molar-refractivity contribution >= 4 is 33.2 Å². The molecule has 3 rings (SSSR count). The zero-order valence-electron chi connectivity index (χ0n) is 14.0. The number of likely N-dealkylation sites (N-methyl/N-ethyl adjacent to an activating group) is 1. The highest BCUT2D eigenvalue weighted by atomic mass is 79.9. The van der Waals surface area contributed by atoms with E-state index in [0.29, 0.717) is 12.2 Å². The number of hydrogen-bond donors (Lipinski definition) is 2. The van der Waals surface area contributed by atoms with Crippen molar-refractivity contribution in [3.05, 3.63) is 62.9 Å². The number of aromatic amines is 1. The lowest BCUT2D eigenvalue weighted by Crippen LogP contribution is -2.34. The first-order valence-electron chi connectivity index (χ1n) is 7.82. The molecule has 0 aliphatic rings. The van der Waals surface area contributed by atoms with Crippen LogP contribution in [0, 0.1) is 0 Å². The predicted octanol–water partition coefficient (Wildman–Crippen LogP) is 3.93. The highest BCUT2D eigenvalue weighted by Gasteiger charge is 2.17. The molecule has 2 heterocycles. The van der Waals surface area contributed by atoms with Crippen LogP contribution in [-0.4, -0.2) is 41.6 Å². The minimum atomic E-state index is -0.155. The zero-order valence-corrected chi connectivity index (χ0v) is 16.4. The Morgan fingerprint density at radius 1 is 1.32 bits per heavy atom. The van der Waals surface area contributed by atoms with E-state index < -0.39 is 0 Å². The number of H-pyrrole nitrogens is 1. The molecule has 5 nitrogen and oxygen atoms in total. The number of halogens is 1. The highest BCUT2D eigenvalue weighted by molar-refractivity contribution is 9.10. The van der Waals surface area contributed by atoms with E-state index in [1.807, 2.05) is 43.7 Å². The van der Waals surface area contributed by atoms with Gasteiger partial charge in [-0.3, -0.25) is 9.89 Å². The molecule has 1 amide bonds. The number of carbonyl (C=O) groups is 1. The summed E-state index contributed by atoms with van der Waals surface area (Å²) in [4.78, 5) is 14.5. The van der Waals surface area contributed by atoms with Gasteiger partial charge in [-0.25, -0.2) is 0 Å². The number of amides is 1. The van der Waals surface area contributed by atoms with Gasteiger partial charge >= 0.3 is 0 Å². The molecule has 0 saturated heterocycles. The molecule has 0 aliphatic heterocycles. The maximum absolute atomic E-state index is 12.4. The number of hydrogen-bond acceptors (Lipinski definition) is 4. The van der Waals surface area contributed by atoms with Gasteiger partial charge < -0.3 is 10.2 Å². The van der Waals surface area contributed by atoms with Crippen LogP contribution in [0.25, 0.3) is 11.3 Å². The molecular formula is C18H19BrN4OS. The fourth-order valence-electron chi connectivity index (χ4n) is 2.55. The van der Waals surface area contributed by atoms with E-state index in [1.165, 1.54) is 5.56 Å². The number of nitrogens with zero attached hydrogens (tertiary/aromatic N) is 2. The van der Waals surface area contributed by atoms with Gasteiger partial charge in [-0.1, -0.05) is 28.1 Å². The topological polar surface area (TPSA) is 61.0 Å². The van der Waals surface area contributed by atoms with Crippen molar-refractivity contribution < 1.29 is 4.79 Å². The average Bonchev–Trinajstić information content (AvgIpc) is 3.27. The van der Waals surface area contributed by atoms with Crippen LogP contribution in [0.2, 0.25) is 0 Å². The van der Waals surface area contributed by atoms with Crippen LogP contribution in [-0.2, 0) is 0 Å². The lowest BCUT2D eigenvalue weighted by atomic mass is 10.1. The molecule has 0 aliphatic carbocycles. The first-order valence-corrected chi connectivity index (χ1v) is 9.56. The van der Waals surface area contributed by atoms with Gasteiger partial charge in [0.05, 0.1) is 11.7 Å². The quantitative estimate of drug-likeness (QED) is 0.637. The summed E-state index contributed by atoms with van der Waals surface area (Å²) in [5.74, 6) is -0.155. The Kier molecular flexibility index (Phi) is 5.67. The SMILES string of the molecule is CN(C)[C@H](CNC(=O)c1cc(-c2ccc(Br)cc2)n[nH]1)c1ccsc1. The van der Waals surface area contributed by atoms with Crippen LogP contribution in [0.1, 0.15) is 22.1 Å². The van der Waals surface area contributed by atoms with Crippen LogP contribution in [0.15, 0.2) is 51.6 Å². The van der Waals surface area contributed by atoms with Crippen LogP contribution in [0.5, 0.6) is 0 Å². The molecule has 0 saturated carbocycles. The Bertz CT molecular complexity index is 827. The number of rotatable bonds is 6. The Balaban J connectivity index is 1.66. The van der Waals surface area contributed by atoms with Gasteiger partial charge in [-0.15, -0.1) is 0 Å². The second kappa shape index (κ2) is 7.95. The van der Waals surface area contributed by atoms with Crippen molar-refractivity contribution in [3.8, 4) is 11.3 Å². The van der Waals surface area contributed by atoms with Gasteiger partial charge in [0.15, 0.2) is 0 Å². The smallest absolute Gasteiger partial charge is 0.269 e. The first-order chi connectivity index (χ1) is 12.0. The normalized spacial score (nSPS) is 12.3. The Labute approximate surface area is 159 Å². The summed E-state index contributed by atoms with van der Waals surface area (Å²) < 4.78 is 1.01. The molecule has 0 bridgehead atoms.